The maximum absolute atomic E-state index is 13.0. The first-order valence-corrected chi connectivity index (χ1v) is 10.4. The van der Waals surface area contributed by atoms with Gasteiger partial charge in [-0.1, -0.05) is 0 Å². The number of nitrogens with zero attached hydrogens (tertiary/aromatic N) is 4. The molecule has 0 aromatic carbocycles. The van der Waals surface area contributed by atoms with Crippen LogP contribution in [0.25, 0.3) is 0 Å². The summed E-state index contributed by atoms with van der Waals surface area (Å²) in [6, 6.07) is 0.230. The standard InChI is InChI=1S/C21H32N4O3/c1-15(2)28-14-20(26)24-10-7-17(8-11-24)19-6-4-5-9-25(19)21(27)18-13-22-16(3)12-23-18/h12-13,15,17,19H,4-11,14H2,1-3H3. The molecule has 2 aliphatic heterocycles. The van der Waals surface area contributed by atoms with Crippen molar-refractivity contribution in [3.63, 3.8) is 0 Å². The van der Waals surface area contributed by atoms with Gasteiger partial charge in [-0.05, 0) is 58.8 Å². The number of aryl methyl sites for hydroxylation is 1. The van der Waals surface area contributed by atoms with Crippen LogP contribution in [-0.4, -0.2) is 70.0 Å². The Bertz CT molecular complexity index is 669. The van der Waals surface area contributed by atoms with Gasteiger partial charge in [0.1, 0.15) is 12.3 Å². The lowest BCUT2D eigenvalue weighted by atomic mass is 9.83. The maximum Gasteiger partial charge on any atom is 0.274 e. The van der Waals surface area contributed by atoms with Crippen molar-refractivity contribution < 1.29 is 14.3 Å². The van der Waals surface area contributed by atoms with Crippen molar-refractivity contribution in [1.29, 1.82) is 0 Å². The Morgan fingerprint density at radius 3 is 2.50 bits per heavy atom. The van der Waals surface area contributed by atoms with E-state index in [1.165, 1.54) is 0 Å². The molecule has 154 valence electrons. The Morgan fingerprint density at radius 2 is 1.86 bits per heavy atom. The molecule has 7 nitrogen and oxygen atoms in total. The lowest BCUT2D eigenvalue weighted by Crippen LogP contribution is -2.51. The lowest BCUT2D eigenvalue weighted by molar-refractivity contribution is -0.139. The fourth-order valence-corrected chi connectivity index (χ4v) is 4.21. The number of piperidine rings is 2. The van der Waals surface area contributed by atoms with Crippen LogP contribution in [0.15, 0.2) is 12.4 Å². The van der Waals surface area contributed by atoms with E-state index in [0.29, 0.717) is 11.6 Å². The summed E-state index contributed by atoms with van der Waals surface area (Å²) in [6.45, 7) is 8.16. The third-order valence-electron chi connectivity index (χ3n) is 5.79. The van der Waals surface area contributed by atoms with Gasteiger partial charge in [-0.15, -0.1) is 0 Å². The molecule has 0 N–H and O–H groups in total. The molecule has 2 fully saturated rings. The molecule has 0 aliphatic carbocycles. The average molecular weight is 389 g/mol. The summed E-state index contributed by atoms with van der Waals surface area (Å²) in [6.07, 6.45) is 8.37. The highest BCUT2D eigenvalue weighted by Crippen LogP contribution is 2.31. The van der Waals surface area contributed by atoms with E-state index in [9.17, 15) is 9.59 Å². The molecule has 3 rings (SSSR count). The van der Waals surface area contributed by atoms with E-state index >= 15 is 0 Å². The SMILES string of the molecule is Cc1cnc(C(=O)N2CCCCC2C2CCN(C(=O)COC(C)C)CC2)cn1. The lowest BCUT2D eigenvalue weighted by Gasteiger charge is -2.43. The van der Waals surface area contributed by atoms with Gasteiger partial charge >= 0.3 is 0 Å². The second-order valence-electron chi connectivity index (χ2n) is 8.18. The zero-order valence-corrected chi connectivity index (χ0v) is 17.3. The molecule has 1 unspecified atom stereocenters. The molecule has 2 saturated heterocycles. The molecular weight excluding hydrogens is 356 g/mol. The van der Waals surface area contributed by atoms with Crippen LogP contribution < -0.4 is 0 Å². The molecule has 0 saturated carbocycles. The molecule has 2 aliphatic rings. The second-order valence-corrected chi connectivity index (χ2v) is 8.18. The molecule has 0 spiro atoms. The van der Waals surface area contributed by atoms with Gasteiger partial charge in [0.15, 0.2) is 0 Å². The smallest absolute Gasteiger partial charge is 0.274 e. The Labute approximate surface area is 167 Å². The predicted molar refractivity (Wildman–Crippen MR) is 106 cm³/mol. The van der Waals surface area contributed by atoms with Gasteiger partial charge in [0.2, 0.25) is 5.91 Å². The summed E-state index contributed by atoms with van der Waals surface area (Å²) in [5.74, 6) is 0.484. The third-order valence-corrected chi connectivity index (χ3v) is 5.79. The van der Waals surface area contributed by atoms with Gasteiger partial charge in [-0.3, -0.25) is 14.6 Å². The molecule has 1 atom stereocenters. The average Bonchev–Trinajstić information content (AvgIpc) is 2.72. The monoisotopic (exact) mass is 388 g/mol. The second kappa shape index (κ2) is 9.45. The van der Waals surface area contributed by atoms with Gasteiger partial charge in [-0.2, -0.15) is 0 Å². The molecule has 1 aromatic rings. The van der Waals surface area contributed by atoms with E-state index in [2.05, 4.69) is 9.97 Å². The number of rotatable bonds is 5. The minimum atomic E-state index is -0.0129. The normalized spacial score (nSPS) is 21.2. The summed E-state index contributed by atoms with van der Waals surface area (Å²) in [7, 11) is 0. The molecule has 28 heavy (non-hydrogen) atoms. The van der Waals surface area contributed by atoms with Crippen LogP contribution in [-0.2, 0) is 9.53 Å². The Balaban J connectivity index is 1.59. The Hall–Kier alpha value is -2.02. The quantitative estimate of drug-likeness (QED) is 0.774. The minimum absolute atomic E-state index is 0.0129. The molecule has 2 amide bonds. The van der Waals surface area contributed by atoms with E-state index in [4.69, 9.17) is 4.74 Å². The highest BCUT2D eigenvalue weighted by atomic mass is 16.5. The van der Waals surface area contributed by atoms with E-state index in [0.717, 1.165) is 57.4 Å². The van der Waals surface area contributed by atoms with Crippen LogP contribution in [0.2, 0.25) is 0 Å². The first kappa shape index (κ1) is 20.7. The fraction of sp³-hybridized carbons (Fsp3) is 0.714. The highest BCUT2D eigenvalue weighted by Gasteiger charge is 2.36. The molecule has 0 bridgehead atoms. The molecule has 7 heteroatoms. The van der Waals surface area contributed by atoms with Crippen molar-refractivity contribution >= 4 is 11.8 Å². The summed E-state index contributed by atoms with van der Waals surface area (Å²) in [4.78, 5) is 37.7. The van der Waals surface area contributed by atoms with Gasteiger partial charge in [0.05, 0.1) is 18.0 Å². The highest BCUT2D eigenvalue weighted by molar-refractivity contribution is 5.92. The predicted octanol–water partition coefficient (Wildman–Crippen LogP) is 2.44. The van der Waals surface area contributed by atoms with E-state index in [1.807, 2.05) is 30.6 Å². The van der Waals surface area contributed by atoms with E-state index in [-0.39, 0.29) is 30.6 Å². The topological polar surface area (TPSA) is 75.6 Å². The van der Waals surface area contributed by atoms with Crippen LogP contribution in [0.1, 0.15) is 62.1 Å². The van der Waals surface area contributed by atoms with Gasteiger partial charge < -0.3 is 14.5 Å². The third kappa shape index (κ3) is 5.07. The number of amides is 2. The van der Waals surface area contributed by atoms with Crippen LogP contribution in [0.5, 0.6) is 0 Å². The molecule has 3 heterocycles. The summed E-state index contributed by atoms with van der Waals surface area (Å²) < 4.78 is 5.45. The van der Waals surface area contributed by atoms with E-state index in [1.54, 1.807) is 12.4 Å². The van der Waals surface area contributed by atoms with Crippen molar-refractivity contribution in [1.82, 2.24) is 19.8 Å². The van der Waals surface area contributed by atoms with Crippen molar-refractivity contribution in [3.8, 4) is 0 Å². The summed E-state index contributed by atoms with van der Waals surface area (Å²) >= 11 is 0. The number of carbonyl (C=O) groups excluding carboxylic acids is 2. The van der Waals surface area contributed by atoms with E-state index < -0.39 is 0 Å². The van der Waals surface area contributed by atoms with Gasteiger partial charge in [0, 0.05) is 31.9 Å². The Kier molecular flexibility index (Phi) is 6.99. The zero-order valence-electron chi connectivity index (χ0n) is 17.3. The number of ether oxygens (including phenoxy) is 1. The van der Waals surface area contributed by atoms with Crippen LogP contribution in [0.4, 0.5) is 0 Å². The Morgan fingerprint density at radius 1 is 1.11 bits per heavy atom. The summed E-state index contributed by atoms with van der Waals surface area (Å²) in [5.41, 5.74) is 1.24. The number of hydrogen-bond acceptors (Lipinski definition) is 5. The molecular formula is C21H32N4O3. The zero-order chi connectivity index (χ0) is 20.1. The largest absolute Gasteiger partial charge is 0.369 e. The number of carbonyl (C=O) groups is 2. The minimum Gasteiger partial charge on any atom is -0.369 e. The first-order valence-electron chi connectivity index (χ1n) is 10.4. The number of aromatic nitrogens is 2. The number of hydrogen-bond donors (Lipinski definition) is 0. The van der Waals surface area contributed by atoms with Crippen LogP contribution in [0, 0.1) is 12.8 Å². The maximum atomic E-state index is 13.0. The van der Waals surface area contributed by atoms with Crippen molar-refractivity contribution in [2.75, 3.05) is 26.2 Å². The van der Waals surface area contributed by atoms with Gasteiger partial charge in [-0.25, -0.2) is 4.98 Å². The molecule has 1 aromatic heterocycles. The summed E-state index contributed by atoms with van der Waals surface area (Å²) in [5, 5.41) is 0. The fourth-order valence-electron chi connectivity index (χ4n) is 4.21. The van der Waals surface area contributed by atoms with Crippen molar-refractivity contribution in [2.24, 2.45) is 5.92 Å². The van der Waals surface area contributed by atoms with Crippen molar-refractivity contribution in [2.45, 2.75) is 65.0 Å². The first-order chi connectivity index (χ1) is 13.5. The van der Waals surface area contributed by atoms with Crippen LogP contribution >= 0.6 is 0 Å². The number of likely N-dealkylation sites (tertiary alicyclic amines) is 2. The molecule has 0 radical (unpaired) electrons. The van der Waals surface area contributed by atoms with Crippen LogP contribution in [0.3, 0.4) is 0 Å². The van der Waals surface area contributed by atoms with Gasteiger partial charge in [0.25, 0.3) is 5.91 Å². The van der Waals surface area contributed by atoms with Crippen molar-refractivity contribution in [3.05, 3.63) is 23.8 Å².